The molecule has 0 saturated carbocycles. The number of carbonyl (C=O) groups is 2. The van der Waals surface area contributed by atoms with Crippen molar-refractivity contribution in [2.45, 2.75) is 77.2 Å². The summed E-state index contributed by atoms with van der Waals surface area (Å²) in [5.41, 5.74) is 4.60. The average Bonchev–Trinajstić information content (AvgIpc) is 3.05. The first-order chi connectivity index (χ1) is 19.5. The van der Waals surface area contributed by atoms with Gasteiger partial charge in [0.2, 0.25) is 5.91 Å². The van der Waals surface area contributed by atoms with E-state index in [1.807, 2.05) is 33.0 Å². The fourth-order valence-electron chi connectivity index (χ4n) is 6.79. The number of ether oxygens (including phenoxy) is 1. The number of hydrogen-bond donors (Lipinski definition) is 0. The lowest BCUT2D eigenvalue weighted by molar-refractivity contribution is -0.156. The molecule has 1 aromatic carbocycles. The second-order valence-electron chi connectivity index (χ2n) is 12.9. The number of aryl methyl sites for hydroxylation is 2. The van der Waals surface area contributed by atoms with Crippen LogP contribution in [-0.4, -0.2) is 65.0 Å². The van der Waals surface area contributed by atoms with Crippen molar-refractivity contribution in [2.24, 2.45) is 11.8 Å². The van der Waals surface area contributed by atoms with E-state index in [2.05, 4.69) is 53.8 Å². The summed E-state index contributed by atoms with van der Waals surface area (Å²) in [6, 6.07) is 6.34. The molecule has 1 aliphatic carbocycles. The third-order valence-corrected chi connectivity index (χ3v) is 10.0. The zero-order valence-electron chi connectivity index (χ0n) is 24.2. The average molecular weight is 710 g/mol. The maximum atomic E-state index is 13.3. The van der Waals surface area contributed by atoms with Crippen molar-refractivity contribution in [2.75, 3.05) is 32.7 Å². The van der Waals surface area contributed by atoms with Gasteiger partial charge < -0.3 is 9.64 Å². The molecule has 0 bridgehead atoms. The van der Waals surface area contributed by atoms with Gasteiger partial charge in [0.25, 0.3) is 0 Å². The quantitative estimate of drug-likeness (QED) is 0.308. The van der Waals surface area contributed by atoms with Crippen LogP contribution in [0.3, 0.4) is 0 Å². The number of piperidine rings is 2. The van der Waals surface area contributed by atoms with Gasteiger partial charge in [0.1, 0.15) is 5.60 Å². The highest BCUT2D eigenvalue weighted by Crippen LogP contribution is 2.46. The SMILES string of the molecule is CC(C)(C)OC(=O)CN1CCC(CC(=O)N2CCC([C@H]3c4ncc(Br)cc4CCc4cc(Cl)cc(Br)c43)CC2)CC1. The van der Waals surface area contributed by atoms with Gasteiger partial charge in [-0.1, -0.05) is 27.5 Å². The molecule has 9 heteroatoms. The maximum absolute atomic E-state index is 13.3. The summed E-state index contributed by atoms with van der Waals surface area (Å²) < 4.78 is 7.53. The molecule has 2 aliphatic heterocycles. The largest absolute Gasteiger partial charge is 0.459 e. The Morgan fingerprint density at radius 3 is 2.37 bits per heavy atom. The Morgan fingerprint density at radius 1 is 1.00 bits per heavy atom. The number of hydrogen-bond acceptors (Lipinski definition) is 5. The van der Waals surface area contributed by atoms with Crippen LogP contribution in [-0.2, 0) is 27.2 Å². The Hall–Kier alpha value is -1.48. The van der Waals surface area contributed by atoms with Gasteiger partial charge in [-0.25, -0.2) is 0 Å². The van der Waals surface area contributed by atoms with E-state index in [-0.39, 0.29) is 17.8 Å². The third kappa shape index (κ3) is 7.73. The van der Waals surface area contributed by atoms with Crippen molar-refractivity contribution < 1.29 is 14.3 Å². The highest BCUT2D eigenvalue weighted by atomic mass is 79.9. The second kappa shape index (κ2) is 13.0. The van der Waals surface area contributed by atoms with Crippen LogP contribution in [0.25, 0.3) is 0 Å². The number of carbonyl (C=O) groups excluding carboxylic acids is 2. The molecule has 222 valence electrons. The molecule has 41 heavy (non-hydrogen) atoms. The molecular weight excluding hydrogens is 670 g/mol. The molecule has 3 aliphatic rings. The molecule has 0 unspecified atom stereocenters. The molecular formula is C32H40Br2ClN3O3. The van der Waals surface area contributed by atoms with E-state index >= 15 is 0 Å². The topological polar surface area (TPSA) is 62.7 Å². The number of rotatable bonds is 5. The highest BCUT2D eigenvalue weighted by molar-refractivity contribution is 9.10. The third-order valence-electron chi connectivity index (χ3n) is 8.72. The number of amides is 1. The molecule has 5 rings (SSSR count). The van der Waals surface area contributed by atoms with Crippen LogP contribution in [0.5, 0.6) is 0 Å². The van der Waals surface area contributed by atoms with Crippen molar-refractivity contribution in [1.29, 1.82) is 0 Å². The Kier molecular flexibility index (Phi) is 9.84. The number of halogens is 3. The fourth-order valence-corrected chi connectivity index (χ4v) is 8.29. The Balaban J connectivity index is 1.19. The molecule has 0 spiro atoms. The van der Waals surface area contributed by atoms with Gasteiger partial charge in [-0.15, -0.1) is 0 Å². The molecule has 2 fully saturated rings. The Morgan fingerprint density at radius 2 is 1.68 bits per heavy atom. The van der Waals surface area contributed by atoms with Crippen LogP contribution in [0.2, 0.25) is 5.02 Å². The van der Waals surface area contributed by atoms with Gasteiger partial charge in [0.15, 0.2) is 0 Å². The number of esters is 1. The number of aromatic nitrogens is 1. The van der Waals surface area contributed by atoms with E-state index in [9.17, 15) is 9.59 Å². The molecule has 6 nitrogen and oxygen atoms in total. The van der Waals surface area contributed by atoms with Gasteiger partial charge >= 0.3 is 5.97 Å². The van der Waals surface area contributed by atoms with Crippen LogP contribution in [0.4, 0.5) is 0 Å². The summed E-state index contributed by atoms with van der Waals surface area (Å²) in [5, 5.41) is 0.755. The summed E-state index contributed by atoms with van der Waals surface area (Å²) in [5.74, 6) is 1.04. The second-order valence-corrected chi connectivity index (χ2v) is 15.1. The van der Waals surface area contributed by atoms with Gasteiger partial charge in [0, 0.05) is 45.6 Å². The van der Waals surface area contributed by atoms with Crippen LogP contribution in [0.15, 0.2) is 33.3 Å². The van der Waals surface area contributed by atoms with Crippen molar-refractivity contribution in [3.8, 4) is 0 Å². The van der Waals surface area contributed by atoms with E-state index in [4.69, 9.17) is 21.3 Å². The highest BCUT2D eigenvalue weighted by Gasteiger charge is 2.37. The molecule has 3 heterocycles. The van der Waals surface area contributed by atoms with Crippen LogP contribution < -0.4 is 0 Å². The number of likely N-dealkylation sites (tertiary alicyclic amines) is 2. The summed E-state index contributed by atoms with van der Waals surface area (Å²) in [6.45, 7) is 9.24. The lowest BCUT2D eigenvalue weighted by Crippen LogP contribution is -2.43. The number of pyridine rings is 1. The minimum atomic E-state index is -0.462. The van der Waals surface area contributed by atoms with E-state index in [0.29, 0.717) is 24.8 Å². The van der Waals surface area contributed by atoms with Crippen molar-refractivity contribution >= 4 is 55.3 Å². The molecule has 1 amide bonds. The van der Waals surface area contributed by atoms with Gasteiger partial charge in [-0.05, 0) is 135 Å². The zero-order valence-corrected chi connectivity index (χ0v) is 28.2. The van der Waals surface area contributed by atoms with Crippen LogP contribution in [0.1, 0.15) is 81.2 Å². The Labute approximate surface area is 265 Å². The van der Waals surface area contributed by atoms with E-state index in [1.54, 1.807) is 0 Å². The normalized spacial score (nSPS) is 20.7. The molecule has 2 saturated heterocycles. The molecule has 1 aromatic heterocycles. The number of fused-ring (bicyclic) bond motifs is 2. The number of nitrogens with zero attached hydrogens (tertiary/aromatic N) is 3. The molecule has 0 N–H and O–H groups in total. The summed E-state index contributed by atoms with van der Waals surface area (Å²) in [7, 11) is 0. The van der Waals surface area contributed by atoms with Gasteiger partial charge in [-0.3, -0.25) is 19.5 Å². The smallest absolute Gasteiger partial charge is 0.320 e. The lowest BCUT2D eigenvalue weighted by Gasteiger charge is -2.38. The lowest BCUT2D eigenvalue weighted by atomic mass is 9.76. The first-order valence-electron chi connectivity index (χ1n) is 14.8. The summed E-state index contributed by atoms with van der Waals surface area (Å²) in [6.07, 6.45) is 8.18. The van der Waals surface area contributed by atoms with Crippen molar-refractivity contribution in [1.82, 2.24) is 14.8 Å². The summed E-state index contributed by atoms with van der Waals surface area (Å²) >= 11 is 13.9. The predicted molar refractivity (Wildman–Crippen MR) is 169 cm³/mol. The Bertz CT molecular complexity index is 1280. The predicted octanol–water partition coefficient (Wildman–Crippen LogP) is 7.17. The van der Waals surface area contributed by atoms with E-state index in [1.165, 1.54) is 16.7 Å². The maximum Gasteiger partial charge on any atom is 0.320 e. The van der Waals surface area contributed by atoms with Gasteiger partial charge in [0.05, 0.1) is 12.2 Å². The van der Waals surface area contributed by atoms with Gasteiger partial charge in [-0.2, -0.15) is 0 Å². The first-order valence-corrected chi connectivity index (χ1v) is 16.8. The standard InChI is InChI=1S/C32H40Br2ClN3O3/c1-32(2,3)41-28(40)19-37-10-6-20(7-11-37)14-27(39)38-12-8-21(9-13-38)30-29-22(16-25(35)17-26(29)34)4-5-23-15-24(33)18-36-31(23)30/h15-18,20-21,30H,4-14,19H2,1-3H3/t30-/m1/s1. The fraction of sp³-hybridized carbons (Fsp3) is 0.594. The van der Waals surface area contributed by atoms with Crippen LogP contribution in [0, 0.1) is 11.8 Å². The van der Waals surface area contributed by atoms with E-state index < -0.39 is 5.60 Å². The minimum Gasteiger partial charge on any atom is -0.459 e. The van der Waals surface area contributed by atoms with Crippen LogP contribution >= 0.6 is 43.5 Å². The molecule has 2 aromatic rings. The number of benzene rings is 1. The van der Waals surface area contributed by atoms with E-state index in [0.717, 1.165) is 84.4 Å². The summed E-state index contributed by atoms with van der Waals surface area (Å²) in [4.78, 5) is 34.7. The monoisotopic (exact) mass is 707 g/mol. The molecule has 1 atom stereocenters. The molecule has 0 radical (unpaired) electrons. The zero-order chi connectivity index (χ0) is 29.3. The minimum absolute atomic E-state index is 0.174. The first kappa shape index (κ1) is 31.0. The van der Waals surface area contributed by atoms with Crippen molar-refractivity contribution in [3.05, 3.63) is 60.7 Å². The van der Waals surface area contributed by atoms with Crippen molar-refractivity contribution in [3.63, 3.8) is 0 Å².